The zero-order valence-electron chi connectivity index (χ0n) is 11.6. The first-order chi connectivity index (χ1) is 9.70. The molecular weight excluding hydrogens is 268 g/mol. The van der Waals surface area contributed by atoms with Gasteiger partial charge in [-0.05, 0) is 35.9 Å². The van der Waals surface area contributed by atoms with Gasteiger partial charge in [-0.15, -0.1) is 11.3 Å². The van der Waals surface area contributed by atoms with E-state index in [0.717, 1.165) is 6.42 Å². The van der Waals surface area contributed by atoms with Crippen molar-refractivity contribution in [3.63, 3.8) is 0 Å². The van der Waals surface area contributed by atoms with Crippen LogP contribution in [0.25, 0.3) is 0 Å². The Morgan fingerprint density at radius 2 is 2.05 bits per heavy atom. The van der Waals surface area contributed by atoms with E-state index in [1.165, 1.54) is 16.0 Å². The summed E-state index contributed by atoms with van der Waals surface area (Å²) in [5.41, 5.74) is 7.89. The van der Waals surface area contributed by atoms with Crippen molar-refractivity contribution < 1.29 is 4.79 Å². The maximum Gasteiger partial charge on any atom is 0.221 e. The molecule has 0 saturated heterocycles. The van der Waals surface area contributed by atoms with E-state index in [9.17, 15) is 4.79 Å². The standard InChI is InChI=1S/C16H20N2OS/c1-12-8-10-20-16(12)14(18-15(19)7-9-17)11-13-5-3-2-4-6-13/h2-6,8,10,14H,7,9,11,17H2,1H3,(H,18,19). The highest BCUT2D eigenvalue weighted by Crippen LogP contribution is 2.27. The first kappa shape index (κ1) is 14.8. The van der Waals surface area contributed by atoms with Gasteiger partial charge in [0.15, 0.2) is 0 Å². The number of nitrogens with one attached hydrogen (secondary N) is 1. The molecule has 1 amide bonds. The summed E-state index contributed by atoms with van der Waals surface area (Å²) in [5, 5.41) is 5.17. The predicted octanol–water partition coefficient (Wildman–Crippen LogP) is 2.81. The molecule has 1 unspecified atom stereocenters. The van der Waals surface area contributed by atoms with Crippen molar-refractivity contribution in [1.29, 1.82) is 0 Å². The van der Waals surface area contributed by atoms with Crippen molar-refractivity contribution in [2.45, 2.75) is 25.8 Å². The fourth-order valence-corrected chi connectivity index (χ4v) is 3.18. The van der Waals surface area contributed by atoms with Gasteiger partial charge in [-0.1, -0.05) is 30.3 Å². The van der Waals surface area contributed by atoms with Crippen LogP contribution in [0, 0.1) is 6.92 Å². The summed E-state index contributed by atoms with van der Waals surface area (Å²) in [6.45, 7) is 2.46. The molecule has 2 aromatic rings. The molecule has 0 fully saturated rings. The van der Waals surface area contributed by atoms with Crippen molar-refractivity contribution >= 4 is 17.2 Å². The lowest BCUT2D eigenvalue weighted by Gasteiger charge is -2.19. The Kier molecular flexibility index (Phi) is 5.32. The second-order valence-corrected chi connectivity index (χ2v) is 5.76. The molecule has 106 valence electrons. The summed E-state index contributed by atoms with van der Waals surface area (Å²) in [6.07, 6.45) is 1.17. The number of nitrogens with two attached hydrogens (primary N) is 1. The van der Waals surface area contributed by atoms with E-state index in [2.05, 4.69) is 35.8 Å². The fourth-order valence-electron chi connectivity index (χ4n) is 2.20. The Morgan fingerprint density at radius 1 is 1.30 bits per heavy atom. The molecule has 0 saturated carbocycles. The maximum atomic E-state index is 11.9. The predicted molar refractivity (Wildman–Crippen MR) is 83.8 cm³/mol. The van der Waals surface area contributed by atoms with Gasteiger partial charge >= 0.3 is 0 Å². The number of carbonyl (C=O) groups is 1. The minimum atomic E-state index is 0.0150. The molecule has 0 radical (unpaired) electrons. The SMILES string of the molecule is Cc1ccsc1C(Cc1ccccc1)NC(=O)CCN. The molecule has 4 heteroatoms. The summed E-state index contributed by atoms with van der Waals surface area (Å²) >= 11 is 1.69. The van der Waals surface area contributed by atoms with Crippen LogP contribution in [0.3, 0.4) is 0 Å². The molecule has 0 aliphatic rings. The van der Waals surface area contributed by atoms with Crippen LogP contribution in [-0.2, 0) is 11.2 Å². The normalized spacial score (nSPS) is 12.1. The van der Waals surface area contributed by atoms with Crippen LogP contribution in [0.2, 0.25) is 0 Å². The van der Waals surface area contributed by atoms with Crippen molar-refractivity contribution in [3.05, 3.63) is 57.8 Å². The lowest BCUT2D eigenvalue weighted by Crippen LogP contribution is -2.31. The summed E-state index contributed by atoms with van der Waals surface area (Å²) in [4.78, 5) is 13.1. The third-order valence-electron chi connectivity index (χ3n) is 3.21. The van der Waals surface area contributed by atoms with Gasteiger partial charge in [-0.3, -0.25) is 4.79 Å². The largest absolute Gasteiger partial charge is 0.348 e. The fraction of sp³-hybridized carbons (Fsp3) is 0.312. The van der Waals surface area contributed by atoms with Gasteiger partial charge in [-0.25, -0.2) is 0 Å². The van der Waals surface area contributed by atoms with E-state index < -0.39 is 0 Å². The van der Waals surface area contributed by atoms with Crippen LogP contribution in [0.1, 0.15) is 28.5 Å². The Hall–Kier alpha value is -1.65. The van der Waals surface area contributed by atoms with E-state index in [1.807, 2.05) is 18.2 Å². The second kappa shape index (κ2) is 7.22. The van der Waals surface area contributed by atoms with E-state index in [-0.39, 0.29) is 11.9 Å². The highest BCUT2D eigenvalue weighted by molar-refractivity contribution is 7.10. The minimum Gasteiger partial charge on any atom is -0.348 e. The van der Waals surface area contributed by atoms with E-state index in [0.29, 0.717) is 13.0 Å². The van der Waals surface area contributed by atoms with Crippen LogP contribution in [0.5, 0.6) is 0 Å². The Morgan fingerprint density at radius 3 is 2.65 bits per heavy atom. The van der Waals surface area contributed by atoms with Crippen LogP contribution in [-0.4, -0.2) is 12.5 Å². The number of rotatable bonds is 6. The molecule has 3 nitrogen and oxygen atoms in total. The molecule has 1 heterocycles. The first-order valence-electron chi connectivity index (χ1n) is 6.78. The Balaban J connectivity index is 2.16. The number of benzene rings is 1. The number of hydrogen-bond donors (Lipinski definition) is 2. The lowest BCUT2D eigenvalue weighted by molar-refractivity contribution is -0.121. The summed E-state index contributed by atoms with van der Waals surface area (Å²) < 4.78 is 0. The molecule has 1 aromatic carbocycles. The van der Waals surface area contributed by atoms with Crippen LogP contribution < -0.4 is 11.1 Å². The summed E-state index contributed by atoms with van der Waals surface area (Å²) in [6, 6.07) is 12.3. The van der Waals surface area contributed by atoms with Crippen molar-refractivity contribution in [2.24, 2.45) is 5.73 Å². The van der Waals surface area contributed by atoms with Gasteiger partial charge in [0.05, 0.1) is 6.04 Å². The van der Waals surface area contributed by atoms with Crippen LogP contribution in [0.4, 0.5) is 0 Å². The number of carbonyl (C=O) groups excluding carboxylic acids is 1. The van der Waals surface area contributed by atoms with Gasteiger partial charge in [0, 0.05) is 17.8 Å². The van der Waals surface area contributed by atoms with Crippen molar-refractivity contribution in [1.82, 2.24) is 5.32 Å². The number of thiophene rings is 1. The average molecular weight is 288 g/mol. The first-order valence-corrected chi connectivity index (χ1v) is 7.66. The zero-order chi connectivity index (χ0) is 14.4. The van der Waals surface area contributed by atoms with E-state index in [4.69, 9.17) is 5.73 Å². The molecule has 2 rings (SSSR count). The van der Waals surface area contributed by atoms with Gasteiger partial charge in [-0.2, -0.15) is 0 Å². The molecule has 3 N–H and O–H groups in total. The zero-order valence-corrected chi connectivity index (χ0v) is 12.5. The van der Waals surface area contributed by atoms with Crippen LogP contribution in [0.15, 0.2) is 41.8 Å². The van der Waals surface area contributed by atoms with Gasteiger partial charge in [0.2, 0.25) is 5.91 Å². The third-order valence-corrected chi connectivity index (χ3v) is 4.34. The molecule has 0 bridgehead atoms. The van der Waals surface area contributed by atoms with Crippen molar-refractivity contribution in [2.75, 3.05) is 6.54 Å². The Bertz CT molecular complexity index is 551. The maximum absolute atomic E-state index is 11.9. The topological polar surface area (TPSA) is 55.1 Å². The molecule has 0 aliphatic heterocycles. The highest BCUT2D eigenvalue weighted by atomic mass is 32.1. The van der Waals surface area contributed by atoms with Gasteiger partial charge in [0.1, 0.15) is 0 Å². The molecule has 1 aromatic heterocycles. The van der Waals surface area contributed by atoms with Gasteiger partial charge in [0.25, 0.3) is 0 Å². The average Bonchev–Trinajstić information content (AvgIpc) is 2.86. The summed E-state index contributed by atoms with van der Waals surface area (Å²) in [7, 11) is 0. The number of amides is 1. The smallest absolute Gasteiger partial charge is 0.221 e. The Labute approximate surface area is 123 Å². The second-order valence-electron chi connectivity index (χ2n) is 4.82. The molecule has 0 spiro atoms. The molecule has 20 heavy (non-hydrogen) atoms. The third kappa shape index (κ3) is 3.92. The number of hydrogen-bond acceptors (Lipinski definition) is 3. The highest BCUT2D eigenvalue weighted by Gasteiger charge is 2.18. The molecular formula is C16H20N2OS. The lowest BCUT2D eigenvalue weighted by atomic mass is 10.0. The van der Waals surface area contributed by atoms with E-state index in [1.54, 1.807) is 11.3 Å². The van der Waals surface area contributed by atoms with Gasteiger partial charge < -0.3 is 11.1 Å². The quantitative estimate of drug-likeness (QED) is 0.859. The minimum absolute atomic E-state index is 0.0150. The summed E-state index contributed by atoms with van der Waals surface area (Å²) in [5.74, 6) is 0.0150. The number of aryl methyl sites for hydroxylation is 1. The van der Waals surface area contributed by atoms with E-state index >= 15 is 0 Å². The monoisotopic (exact) mass is 288 g/mol. The molecule has 0 aliphatic carbocycles. The van der Waals surface area contributed by atoms with Crippen LogP contribution >= 0.6 is 11.3 Å². The molecule has 1 atom stereocenters. The van der Waals surface area contributed by atoms with Crippen molar-refractivity contribution in [3.8, 4) is 0 Å².